The number of carboxylic acid groups (broad SMARTS) is 1. The molecule has 3 N–H and O–H groups in total. The van der Waals surface area contributed by atoms with Gasteiger partial charge in [-0.2, -0.15) is 0 Å². The second-order valence-corrected chi connectivity index (χ2v) is 3.83. The van der Waals surface area contributed by atoms with Crippen molar-refractivity contribution in [3.05, 3.63) is 35.9 Å². The van der Waals surface area contributed by atoms with E-state index >= 15 is 0 Å². The van der Waals surface area contributed by atoms with E-state index in [-0.39, 0.29) is 6.42 Å². The highest BCUT2D eigenvalue weighted by Crippen LogP contribution is 2.19. The number of imidazole rings is 1. The van der Waals surface area contributed by atoms with Crippen molar-refractivity contribution in [1.29, 1.82) is 0 Å². The fraction of sp³-hybridized carbons (Fsp3) is 0.273. The van der Waals surface area contributed by atoms with E-state index in [9.17, 15) is 4.79 Å². The van der Waals surface area contributed by atoms with Gasteiger partial charge in [-0.1, -0.05) is 0 Å². The van der Waals surface area contributed by atoms with Crippen LogP contribution in [0, 0.1) is 6.92 Å². The molecule has 0 aromatic carbocycles. The molecule has 0 fully saturated rings. The Morgan fingerprint density at radius 2 is 2.44 bits per heavy atom. The Labute approximate surface area is 92.5 Å². The van der Waals surface area contributed by atoms with E-state index in [1.54, 1.807) is 6.33 Å². The summed E-state index contributed by atoms with van der Waals surface area (Å²) in [6.45, 7) is 1.97. The van der Waals surface area contributed by atoms with Gasteiger partial charge >= 0.3 is 5.97 Å². The summed E-state index contributed by atoms with van der Waals surface area (Å²) in [5.74, 6) is -0.915. The van der Waals surface area contributed by atoms with Gasteiger partial charge in [0.2, 0.25) is 0 Å². The molecule has 5 heteroatoms. The van der Waals surface area contributed by atoms with Gasteiger partial charge in [0.05, 0.1) is 30.0 Å². The molecule has 16 heavy (non-hydrogen) atoms. The number of fused-ring (bicyclic) bond motifs is 1. The molecule has 1 unspecified atom stereocenters. The van der Waals surface area contributed by atoms with Crippen LogP contribution in [-0.2, 0) is 4.79 Å². The van der Waals surface area contributed by atoms with E-state index in [2.05, 4.69) is 4.98 Å². The van der Waals surface area contributed by atoms with Gasteiger partial charge in [-0.15, -0.1) is 0 Å². The Morgan fingerprint density at radius 1 is 1.69 bits per heavy atom. The van der Waals surface area contributed by atoms with Crippen molar-refractivity contribution in [2.75, 3.05) is 0 Å². The predicted octanol–water partition coefficient (Wildman–Crippen LogP) is 1.12. The van der Waals surface area contributed by atoms with Gasteiger partial charge < -0.3 is 15.2 Å². The molecule has 0 radical (unpaired) electrons. The summed E-state index contributed by atoms with van der Waals surface area (Å²) in [5, 5.41) is 8.69. The molecule has 0 aliphatic carbocycles. The first-order valence-electron chi connectivity index (χ1n) is 4.98. The number of carbonyl (C=O) groups is 1. The molecule has 2 aromatic heterocycles. The number of hydrogen-bond acceptors (Lipinski definition) is 3. The Kier molecular flexibility index (Phi) is 2.62. The van der Waals surface area contributed by atoms with Crippen LogP contribution in [0.4, 0.5) is 0 Å². The highest BCUT2D eigenvalue weighted by molar-refractivity contribution is 5.69. The number of aryl methyl sites for hydroxylation is 1. The number of nitrogens with zero attached hydrogens (tertiary/aromatic N) is 2. The minimum absolute atomic E-state index is 0.111. The first-order valence-corrected chi connectivity index (χ1v) is 4.98. The Morgan fingerprint density at radius 3 is 3.12 bits per heavy atom. The number of hydrogen-bond donors (Lipinski definition) is 2. The van der Waals surface area contributed by atoms with Crippen molar-refractivity contribution in [3.63, 3.8) is 0 Å². The average Bonchev–Trinajstić information content (AvgIpc) is 2.59. The van der Waals surface area contributed by atoms with Crippen molar-refractivity contribution < 1.29 is 9.90 Å². The normalized spacial score (nSPS) is 12.9. The molecule has 0 spiro atoms. The van der Waals surface area contributed by atoms with E-state index in [0.717, 1.165) is 11.1 Å². The van der Waals surface area contributed by atoms with E-state index in [0.29, 0.717) is 5.69 Å². The summed E-state index contributed by atoms with van der Waals surface area (Å²) in [6, 6.07) is 3.34. The topological polar surface area (TPSA) is 80.6 Å². The number of rotatable bonds is 3. The highest BCUT2D eigenvalue weighted by atomic mass is 16.4. The monoisotopic (exact) mass is 219 g/mol. The Bertz CT molecular complexity index is 533. The molecule has 1 atom stereocenters. The second-order valence-electron chi connectivity index (χ2n) is 3.83. The lowest BCUT2D eigenvalue weighted by Gasteiger charge is -2.06. The van der Waals surface area contributed by atoms with Gasteiger partial charge in [0.15, 0.2) is 0 Å². The molecular weight excluding hydrogens is 206 g/mol. The minimum atomic E-state index is -0.915. The van der Waals surface area contributed by atoms with Gasteiger partial charge in [-0.05, 0) is 24.6 Å². The van der Waals surface area contributed by atoms with Crippen LogP contribution in [0.15, 0.2) is 24.7 Å². The zero-order chi connectivity index (χ0) is 11.7. The molecule has 2 heterocycles. The molecule has 2 rings (SSSR count). The number of pyridine rings is 1. The second kappa shape index (κ2) is 3.94. The zero-order valence-corrected chi connectivity index (χ0v) is 8.92. The summed E-state index contributed by atoms with van der Waals surface area (Å²) in [7, 11) is 0. The standard InChI is InChI=1S/C11H13N3O2/c1-7-2-3-14-6-13-11(9(14)4-7)8(12)5-10(15)16/h2-4,6,8H,5,12H2,1H3,(H,15,16). The maximum absolute atomic E-state index is 10.6. The van der Waals surface area contributed by atoms with Gasteiger partial charge in [0, 0.05) is 6.20 Å². The minimum Gasteiger partial charge on any atom is -0.481 e. The van der Waals surface area contributed by atoms with Gasteiger partial charge in [0.1, 0.15) is 0 Å². The van der Waals surface area contributed by atoms with Crippen LogP contribution < -0.4 is 5.73 Å². The number of aromatic nitrogens is 2. The van der Waals surface area contributed by atoms with E-state index in [1.807, 2.05) is 29.7 Å². The van der Waals surface area contributed by atoms with E-state index < -0.39 is 12.0 Å². The first kappa shape index (κ1) is 10.6. The van der Waals surface area contributed by atoms with Crippen LogP contribution in [0.25, 0.3) is 5.52 Å². The molecule has 84 valence electrons. The van der Waals surface area contributed by atoms with E-state index in [1.165, 1.54) is 0 Å². The third-order valence-corrected chi connectivity index (χ3v) is 2.47. The smallest absolute Gasteiger partial charge is 0.305 e. The van der Waals surface area contributed by atoms with Crippen LogP contribution in [-0.4, -0.2) is 20.5 Å². The fourth-order valence-electron chi connectivity index (χ4n) is 1.68. The largest absolute Gasteiger partial charge is 0.481 e. The maximum atomic E-state index is 10.6. The molecule has 5 nitrogen and oxygen atoms in total. The third-order valence-electron chi connectivity index (χ3n) is 2.47. The zero-order valence-electron chi connectivity index (χ0n) is 8.92. The summed E-state index contributed by atoms with van der Waals surface area (Å²) < 4.78 is 1.84. The fourth-order valence-corrected chi connectivity index (χ4v) is 1.68. The van der Waals surface area contributed by atoms with Crippen LogP contribution >= 0.6 is 0 Å². The number of nitrogens with two attached hydrogens (primary N) is 1. The summed E-state index contributed by atoms with van der Waals surface area (Å²) in [5.41, 5.74) is 8.39. The van der Waals surface area contributed by atoms with Crippen LogP contribution in [0.5, 0.6) is 0 Å². The number of aliphatic carboxylic acids is 1. The van der Waals surface area contributed by atoms with Crippen molar-refractivity contribution in [1.82, 2.24) is 9.38 Å². The molecule has 0 saturated carbocycles. The predicted molar refractivity (Wildman–Crippen MR) is 59.1 cm³/mol. The summed E-state index contributed by atoms with van der Waals surface area (Å²) in [6.07, 6.45) is 3.42. The van der Waals surface area contributed by atoms with Crippen LogP contribution in [0.1, 0.15) is 23.7 Å². The molecule has 0 aliphatic heterocycles. The highest BCUT2D eigenvalue weighted by Gasteiger charge is 2.15. The average molecular weight is 219 g/mol. The van der Waals surface area contributed by atoms with Crippen molar-refractivity contribution in [2.45, 2.75) is 19.4 Å². The lowest BCUT2D eigenvalue weighted by molar-refractivity contribution is -0.137. The summed E-state index contributed by atoms with van der Waals surface area (Å²) in [4.78, 5) is 14.8. The third kappa shape index (κ3) is 1.90. The molecular formula is C11H13N3O2. The SMILES string of the molecule is Cc1ccn2cnc(C(N)CC(=O)O)c2c1. The summed E-state index contributed by atoms with van der Waals surface area (Å²) >= 11 is 0. The maximum Gasteiger partial charge on any atom is 0.305 e. The molecule has 0 aliphatic rings. The molecule has 2 aromatic rings. The molecule has 0 saturated heterocycles. The van der Waals surface area contributed by atoms with Gasteiger partial charge in [0.25, 0.3) is 0 Å². The van der Waals surface area contributed by atoms with Crippen molar-refractivity contribution in [2.24, 2.45) is 5.73 Å². The Hall–Kier alpha value is -1.88. The van der Waals surface area contributed by atoms with Crippen LogP contribution in [0.3, 0.4) is 0 Å². The molecule has 0 bridgehead atoms. The van der Waals surface area contributed by atoms with Gasteiger partial charge in [-0.3, -0.25) is 4.79 Å². The Balaban J connectivity index is 2.44. The van der Waals surface area contributed by atoms with Crippen molar-refractivity contribution in [3.8, 4) is 0 Å². The van der Waals surface area contributed by atoms with E-state index in [4.69, 9.17) is 10.8 Å². The van der Waals surface area contributed by atoms with Gasteiger partial charge in [-0.25, -0.2) is 4.98 Å². The first-order chi connectivity index (χ1) is 7.58. The van der Waals surface area contributed by atoms with Crippen LogP contribution in [0.2, 0.25) is 0 Å². The quantitative estimate of drug-likeness (QED) is 0.810. The lowest BCUT2D eigenvalue weighted by atomic mass is 10.1. The molecule has 0 amide bonds. The lowest BCUT2D eigenvalue weighted by Crippen LogP contribution is -2.15. The van der Waals surface area contributed by atoms with Crippen molar-refractivity contribution >= 4 is 11.5 Å². The number of carboxylic acids is 1.